The van der Waals surface area contributed by atoms with Crippen molar-refractivity contribution in [1.29, 1.82) is 0 Å². The number of aliphatic hydroxyl groups excluding tert-OH is 1. The molecule has 1 aliphatic carbocycles. The summed E-state index contributed by atoms with van der Waals surface area (Å²) in [5.74, 6) is -2.54. The molecule has 2 amide bonds. The van der Waals surface area contributed by atoms with Crippen LogP contribution >= 0.6 is 0 Å². The molecule has 170 valence electrons. The summed E-state index contributed by atoms with van der Waals surface area (Å²) in [5.41, 5.74) is 0. The summed E-state index contributed by atoms with van der Waals surface area (Å²) in [5, 5.41) is 12.7. The lowest BCUT2D eigenvalue weighted by molar-refractivity contribution is -0.156. The Morgan fingerprint density at radius 2 is 1.93 bits per heavy atom. The van der Waals surface area contributed by atoms with E-state index in [4.69, 9.17) is 4.74 Å². The van der Waals surface area contributed by atoms with E-state index >= 15 is 0 Å². The maximum Gasteiger partial charge on any atom is 0.310 e. The number of nitrogens with one attached hydrogen (secondary N) is 1. The SMILES string of the molecule is CCCCCNC(=O)[C@@H]1[C@H]2C=C[C@@H](CCC)[C@@H](C(=O)OCC)[C@H]2C(=O)N1[C@H](C)CO. The van der Waals surface area contributed by atoms with Gasteiger partial charge < -0.3 is 20.1 Å². The third-order valence-corrected chi connectivity index (χ3v) is 6.32. The molecular weight excluding hydrogens is 384 g/mol. The van der Waals surface area contributed by atoms with Gasteiger partial charge in [-0.25, -0.2) is 0 Å². The van der Waals surface area contributed by atoms with Gasteiger partial charge in [0, 0.05) is 12.5 Å². The molecule has 2 rings (SSSR count). The largest absolute Gasteiger partial charge is 0.466 e. The molecular formula is C23H38N2O5. The van der Waals surface area contributed by atoms with Crippen molar-refractivity contribution in [2.45, 2.75) is 71.9 Å². The van der Waals surface area contributed by atoms with E-state index in [1.807, 2.05) is 19.1 Å². The maximum absolute atomic E-state index is 13.5. The Morgan fingerprint density at radius 1 is 1.20 bits per heavy atom. The van der Waals surface area contributed by atoms with E-state index in [0.717, 1.165) is 32.1 Å². The fraction of sp³-hybridized carbons (Fsp3) is 0.783. The van der Waals surface area contributed by atoms with Gasteiger partial charge in [0.1, 0.15) is 6.04 Å². The molecule has 0 aromatic carbocycles. The zero-order chi connectivity index (χ0) is 22.3. The molecule has 0 bridgehead atoms. The van der Waals surface area contributed by atoms with E-state index < -0.39 is 29.8 Å². The number of amides is 2. The van der Waals surface area contributed by atoms with Crippen LogP contribution < -0.4 is 5.32 Å². The van der Waals surface area contributed by atoms with Gasteiger partial charge in [0.2, 0.25) is 11.8 Å². The molecule has 0 aromatic heterocycles. The molecule has 0 radical (unpaired) electrons. The van der Waals surface area contributed by atoms with Crippen molar-refractivity contribution in [1.82, 2.24) is 10.2 Å². The molecule has 2 aliphatic rings. The second-order valence-corrected chi connectivity index (χ2v) is 8.44. The lowest BCUT2D eigenvalue weighted by atomic mass is 9.69. The van der Waals surface area contributed by atoms with Crippen molar-refractivity contribution >= 4 is 17.8 Å². The van der Waals surface area contributed by atoms with Crippen LogP contribution in [-0.2, 0) is 19.1 Å². The van der Waals surface area contributed by atoms with Crippen LogP contribution in [0.15, 0.2) is 12.2 Å². The van der Waals surface area contributed by atoms with E-state index in [1.54, 1.807) is 13.8 Å². The number of carbonyl (C=O) groups is 3. The van der Waals surface area contributed by atoms with Gasteiger partial charge in [-0.15, -0.1) is 0 Å². The monoisotopic (exact) mass is 422 g/mol. The van der Waals surface area contributed by atoms with Crippen molar-refractivity contribution < 1.29 is 24.2 Å². The summed E-state index contributed by atoms with van der Waals surface area (Å²) in [7, 11) is 0. The minimum absolute atomic E-state index is 0.0862. The molecule has 1 heterocycles. The number of fused-ring (bicyclic) bond motifs is 1. The molecule has 0 spiro atoms. The molecule has 1 fully saturated rings. The number of aliphatic hydroxyl groups is 1. The van der Waals surface area contributed by atoms with E-state index in [9.17, 15) is 19.5 Å². The topological polar surface area (TPSA) is 95.9 Å². The van der Waals surface area contributed by atoms with E-state index in [0.29, 0.717) is 6.54 Å². The molecule has 6 atom stereocenters. The number of hydrogen-bond donors (Lipinski definition) is 2. The molecule has 2 N–H and O–H groups in total. The molecule has 1 aliphatic heterocycles. The number of nitrogens with zero attached hydrogens (tertiary/aromatic N) is 1. The van der Waals surface area contributed by atoms with Crippen molar-refractivity contribution in [3.63, 3.8) is 0 Å². The summed E-state index contributed by atoms with van der Waals surface area (Å²) >= 11 is 0. The van der Waals surface area contributed by atoms with Gasteiger partial charge in [-0.2, -0.15) is 0 Å². The first kappa shape index (κ1) is 24.4. The standard InChI is InChI=1S/C23H38N2O5/c1-5-8-9-13-24-21(27)20-17-12-11-16(10-6-2)18(23(29)30-7-3)19(17)22(28)25(20)15(4)14-26/h11-12,15-20,26H,5-10,13-14H2,1-4H3,(H,24,27)/t15-,16-,17+,18-,19+,20+/m1/s1. The van der Waals surface area contributed by atoms with Crippen molar-refractivity contribution in [3.05, 3.63) is 12.2 Å². The highest BCUT2D eigenvalue weighted by Gasteiger charge is 2.58. The highest BCUT2D eigenvalue weighted by atomic mass is 16.5. The number of carbonyl (C=O) groups excluding carboxylic acids is 3. The van der Waals surface area contributed by atoms with Crippen LogP contribution in [-0.4, -0.2) is 59.6 Å². The fourth-order valence-electron chi connectivity index (χ4n) is 4.87. The molecule has 7 nitrogen and oxygen atoms in total. The van der Waals surface area contributed by atoms with Gasteiger partial charge in [-0.05, 0) is 32.6 Å². The van der Waals surface area contributed by atoms with Gasteiger partial charge in [0.25, 0.3) is 0 Å². The van der Waals surface area contributed by atoms with Crippen molar-refractivity contribution in [2.75, 3.05) is 19.8 Å². The molecule has 1 saturated heterocycles. The highest BCUT2D eigenvalue weighted by Crippen LogP contribution is 2.46. The van der Waals surface area contributed by atoms with Gasteiger partial charge in [-0.1, -0.05) is 45.3 Å². The second-order valence-electron chi connectivity index (χ2n) is 8.44. The van der Waals surface area contributed by atoms with Crippen LogP contribution in [0.5, 0.6) is 0 Å². The second kappa shape index (κ2) is 11.5. The van der Waals surface area contributed by atoms with Crippen LogP contribution in [0.3, 0.4) is 0 Å². The molecule has 0 unspecified atom stereocenters. The lowest BCUT2D eigenvalue weighted by Crippen LogP contribution is -2.51. The zero-order valence-electron chi connectivity index (χ0n) is 18.8. The summed E-state index contributed by atoms with van der Waals surface area (Å²) in [6.07, 6.45) is 8.55. The minimum Gasteiger partial charge on any atom is -0.466 e. The van der Waals surface area contributed by atoms with Crippen LogP contribution in [0.4, 0.5) is 0 Å². The molecule has 30 heavy (non-hydrogen) atoms. The Balaban J connectivity index is 2.37. The molecule has 0 aromatic rings. The number of likely N-dealkylation sites (tertiary alicyclic amines) is 1. The summed E-state index contributed by atoms with van der Waals surface area (Å²) in [6.45, 7) is 8.20. The quantitative estimate of drug-likeness (QED) is 0.303. The van der Waals surface area contributed by atoms with Crippen LogP contribution in [0, 0.1) is 23.7 Å². The predicted octanol–water partition coefficient (Wildman–Crippen LogP) is 2.28. The van der Waals surface area contributed by atoms with Gasteiger partial charge in [-0.3, -0.25) is 14.4 Å². The Kier molecular flexibility index (Phi) is 9.34. The van der Waals surface area contributed by atoms with Crippen LogP contribution in [0.2, 0.25) is 0 Å². The number of esters is 1. The average Bonchev–Trinajstić information content (AvgIpc) is 3.03. The van der Waals surface area contributed by atoms with E-state index in [-0.39, 0.29) is 36.9 Å². The molecule has 7 heteroatoms. The van der Waals surface area contributed by atoms with Crippen LogP contribution in [0.1, 0.15) is 59.8 Å². The minimum atomic E-state index is -0.720. The normalized spacial score (nSPS) is 28.9. The summed E-state index contributed by atoms with van der Waals surface area (Å²) < 4.78 is 5.33. The Bertz CT molecular complexity index is 635. The third-order valence-electron chi connectivity index (χ3n) is 6.32. The first-order chi connectivity index (χ1) is 14.4. The number of rotatable bonds is 11. The van der Waals surface area contributed by atoms with Gasteiger partial charge >= 0.3 is 5.97 Å². The van der Waals surface area contributed by atoms with Crippen molar-refractivity contribution in [2.24, 2.45) is 23.7 Å². The van der Waals surface area contributed by atoms with Gasteiger partial charge in [0.05, 0.1) is 31.1 Å². The third kappa shape index (κ3) is 5.05. The zero-order valence-corrected chi connectivity index (χ0v) is 18.8. The average molecular weight is 423 g/mol. The van der Waals surface area contributed by atoms with E-state index in [1.165, 1.54) is 4.90 Å². The van der Waals surface area contributed by atoms with E-state index in [2.05, 4.69) is 12.2 Å². The molecule has 0 saturated carbocycles. The predicted molar refractivity (Wildman–Crippen MR) is 114 cm³/mol. The summed E-state index contributed by atoms with van der Waals surface area (Å²) in [6, 6.07) is -1.22. The Labute approximate surface area is 180 Å². The number of hydrogen-bond acceptors (Lipinski definition) is 5. The van der Waals surface area contributed by atoms with Crippen LogP contribution in [0.25, 0.3) is 0 Å². The summed E-state index contributed by atoms with van der Waals surface area (Å²) in [4.78, 5) is 41.0. The first-order valence-corrected chi connectivity index (χ1v) is 11.5. The smallest absolute Gasteiger partial charge is 0.310 e. The number of ether oxygens (including phenoxy) is 1. The Morgan fingerprint density at radius 3 is 2.53 bits per heavy atom. The lowest BCUT2D eigenvalue weighted by Gasteiger charge is -2.34. The number of allylic oxidation sites excluding steroid dienone is 1. The first-order valence-electron chi connectivity index (χ1n) is 11.5. The highest BCUT2D eigenvalue weighted by molar-refractivity contribution is 5.96. The maximum atomic E-state index is 13.5. The number of unbranched alkanes of at least 4 members (excludes halogenated alkanes) is 2. The Hall–Kier alpha value is -1.89. The van der Waals surface area contributed by atoms with Gasteiger partial charge in [0.15, 0.2) is 0 Å². The fourth-order valence-corrected chi connectivity index (χ4v) is 4.87. The van der Waals surface area contributed by atoms with Crippen molar-refractivity contribution in [3.8, 4) is 0 Å².